The van der Waals surface area contributed by atoms with Crippen LogP contribution in [0, 0.1) is 12.8 Å². The van der Waals surface area contributed by atoms with Crippen molar-refractivity contribution in [2.75, 3.05) is 7.11 Å². The first-order valence-electron chi connectivity index (χ1n) is 9.04. The van der Waals surface area contributed by atoms with Crippen molar-refractivity contribution in [3.8, 4) is 5.88 Å². The van der Waals surface area contributed by atoms with Crippen LogP contribution in [0.15, 0.2) is 24.5 Å². The number of hydrogen-bond donors (Lipinski definition) is 2. The van der Waals surface area contributed by atoms with Crippen LogP contribution in [0.5, 0.6) is 5.88 Å². The SMILES string of the molecule is CCCn1ncc(C(=O)NC(c2ccc(OC)nc2)C2CC(O)C2)c1C. The van der Waals surface area contributed by atoms with Crippen LogP contribution in [0.2, 0.25) is 0 Å². The Hall–Kier alpha value is -2.41. The normalized spacial score (nSPS) is 20.3. The Kier molecular flexibility index (Phi) is 5.56. The number of methoxy groups -OCH3 is 1. The molecular formula is C19H26N4O3. The van der Waals surface area contributed by atoms with Crippen LogP contribution >= 0.6 is 0 Å². The third-order valence-corrected chi connectivity index (χ3v) is 5.02. The number of aliphatic hydroxyl groups excluding tert-OH is 1. The Morgan fingerprint density at radius 1 is 1.42 bits per heavy atom. The number of amides is 1. The molecule has 2 aromatic heterocycles. The zero-order chi connectivity index (χ0) is 18.7. The number of carbonyl (C=O) groups excluding carboxylic acids is 1. The first-order valence-corrected chi connectivity index (χ1v) is 9.04. The lowest BCUT2D eigenvalue weighted by Crippen LogP contribution is -2.41. The van der Waals surface area contributed by atoms with Crippen LogP contribution in [0.25, 0.3) is 0 Å². The molecule has 0 bridgehead atoms. The predicted octanol–water partition coefficient (Wildman–Crippen LogP) is 2.25. The summed E-state index contributed by atoms with van der Waals surface area (Å²) < 4.78 is 6.96. The molecule has 0 radical (unpaired) electrons. The number of ether oxygens (including phenoxy) is 1. The number of aliphatic hydroxyl groups is 1. The van der Waals surface area contributed by atoms with Gasteiger partial charge in [-0.15, -0.1) is 0 Å². The maximum absolute atomic E-state index is 12.8. The lowest BCUT2D eigenvalue weighted by Gasteiger charge is -2.38. The molecule has 1 amide bonds. The fourth-order valence-electron chi connectivity index (χ4n) is 3.40. The molecular weight excluding hydrogens is 332 g/mol. The van der Waals surface area contributed by atoms with Crippen molar-refractivity contribution in [2.45, 2.75) is 51.8 Å². The third-order valence-electron chi connectivity index (χ3n) is 5.02. The van der Waals surface area contributed by atoms with Gasteiger partial charge in [-0.05, 0) is 37.7 Å². The van der Waals surface area contributed by atoms with Gasteiger partial charge in [0, 0.05) is 24.5 Å². The number of pyridine rings is 1. The van der Waals surface area contributed by atoms with E-state index in [1.165, 1.54) is 0 Å². The van der Waals surface area contributed by atoms with E-state index < -0.39 is 0 Å². The van der Waals surface area contributed by atoms with Gasteiger partial charge in [-0.3, -0.25) is 9.48 Å². The molecule has 2 N–H and O–H groups in total. The van der Waals surface area contributed by atoms with E-state index in [1.54, 1.807) is 25.6 Å². The van der Waals surface area contributed by atoms with Gasteiger partial charge < -0.3 is 15.2 Å². The highest BCUT2D eigenvalue weighted by Crippen LogP contribution is 2.38. The summed E-state index contributed by atoms with van der Waals surface area (Å²) in [5.41, 5.74) is 2.36. The summed E-state index contributed by atoms with van der Waals surface area (Å²) in [6.07, 6.45) is 5.36. The predicted molar refractivity (Wildman–Crippen MR) is 97.0 cm³/mol. The molecule has 0 aliphatic heterocycles. The molecule has 26 heavy (non-hydrogen) atoms. The van der Waals surface area contributed by atoms with Gasteiger partial charge in [0.2, 0.25) is 5.88 Å². The smallest absolute Gasteiger partial charge is 0.255 e. The summed E-state index contributed by atoms with van der Waals surface area (Å²) >= 11 is 0. The van der Waals surface area contributed by atoms with Crippen molar-refractivity contribution in [3.63, 3.8) is 0 Å². The minimum Gasteiger partial charge on any atom is -0.481 e. The van der Waals surface area contributed by atoms with Crippen molar-refractivity contribution in [1.29, 1.82) is 0 Å². The molecule has 1 fully saturated rings. The number of nitrogens with zero attached hydrogens (tertiary/aromatic N) is 3. The Labute approximate surface area is 153 Å². The first-order chi connectivity index (χ1) is 12.5. The molecule has 1 atom stereocenters. The van der Waals surface area contributed by atoms with E-state index in [0.29, 0.717) is 24.3 Å². The maximum Gasteiger partial charge on any atom is 0.255 e. The van der Waals surface area contributed by atoms with E-state index in [-0.39, 0.29) is 24.0 Å². The van der Waals surface area contributed by atoms with Crippen molar-refractivity contribution >= 4 is 5.91 Å². The summed E-state index contributed by atoms with van der Waals surface area (Å²) in [6, 6.07) is 3.50. The molecule has 1 unspecified atom stereocenters. The monoisotopic (exact) mass is 358 g/mol. The Morgan fingerprint density at radius 2 is 2.19 bits per heavy atom. The van der Waals surface area contributed by atoms with Gasteiger partial charge in [-0.1, -0.05) is 13.0 Å². The van der Waals surface area contributed by atoms with Crippen molar-refractivity contribution in [3.05, 3.63) is 41.3 Å². The second-order valence-corrected chi connectivity index (χ2v) is 6.84. The molecule has 0 saturated heterocycles. The molecule has 140 valence electrons. The van der Waals surface area contributed by atoms with Gasteiger partial charge >= 0.3 is 0 Å². The highest BCUT2D eigenvalue weighted by molar-refractivity contribution is 5.95. The topological polar surface area (TPSA) is 89.3 Å². The Bertz CT molecular complexity index is 751. The summed E-state index contributed by atoms with van der Waals surface area (Å²) in [6.45, 7) is 4.78. The number of rotatable bonds is 7. The number of carbonyl (C=O) groups is 1. The summed E-state index contributed by atoms with van der Waals surface area (Å²) in [5, 5.41) is 17.1. The van der Waals surface area contributed by atoms with Crippen LogP contribution in [0.4, 0.5) is 0 Å². The summed E-state index contributed by atoms with van der Waals surface area (Å²) in [5.74, 6) is 0.575. The molecule has 1 saturated carbocycles. The van der Waals surface area contributed by atoms with E-state index in [4.69, 9.17) is 4.74 Å². The van der Waals surface area contributed by atoms with Crippen molar-refractivity contribution in [1.82, 2.24) is 20.1 Å². The van der Waals surface area contributed by atoms with Crippen molar-refractivity contribution in [2.24, 2.45) is 5.92 Å². The number of aromatic nitrogens is 3. The average molecular weight is 358 g/mol. The van der Waals surface area contributed by atoms with Crippen LogP contribution in [0.1, 0.15) is 53.8 Å². The second kappa shape index (κ2) is 7.86. The standard InChI is InChI=1S/C19H26N4O3/c1-4-7-23-12(2)16(11-21-23)19(25)22-18(14-8-15(24)9-14)13-5-6-17(26-3)20-10-13/h5-6,10-11,14-15,18,24H,4,7-9H2,1-3H3,(H,22,25). The van der Waals surface area contributed by atoms with Gasteiger partial charge in [-0.25, -0.2) is 4.98 Å². The Balaban J connectivity index is 1.80. The molecule has 2 aromatic rings. The minimum atomic E-state index is -0.292. The largest absolute Gasteiger partial charge is 0.481 e. The zero-order valence-electron chi connectivity index (χ0n) is 15.5. The van der Waals surface area contributed by atoms with Crippen LogP contribution < -0.4 is 10.1 Å². The van der Waals surface area contributed by atoms with Gasteiger partial charge in [0.15, 0.2) is 0 Å². The quantitative estimate of drug-likeness (QED) is 0.792. The average Bonchev–Trinajstić information content (AvgIpc) is 2.98. The minimum absolute atomic E-state index is 0.146. The molecule has 7 nitrogen and oxygen atoms in total. The van der Waals surface area contributed by atoms with Crippen LogP contribution in [-0.4, -0.2) is 39.0 Å². The fraction of sp³-hybridized carbons (Fsp3) is 0.526. The van der Waals surface area contributed by atoms with E-state index in [0.717, 1.165) is 24.2 Å². The second-order valence-electron chi connectivity index (χ2n) is 6.84. The lowest BCUT2D eigenvalue weighted by molar-refractivity contribution is 0.0234. The molecule has 0 aromatic carbocycles. The maximum atomic E-state index is 12.8. The van der Waals surface area contributed by atoms with Gasteiger partial charge in [0.05, 0.1) is 31.0 Å². The van der Waals surface area contributed by atoms with Gasteiger partial charge in [0.1, 0.15) is 0 Å². The highest BCUT2D eigenvalue weighted by atomic mass is 16.5. The van der Waals surface area contributed by atoms with E-state index in [9.17, 15) is 9.90 Å². The molecule has 1 aliphatic carbocycles. The molecule has 2 heterocycles. The van der Waals surface area contributed by atoms with E-state index in [2.05, 4.69) is 22.3 Å². The zero-order valence-corrected chi connectivity index (χ0v) is 15.5. The molecule has 7 heteroatoms. The van der Waals surface area contributed by atoms with Gasteiger partial charge in [-0.2, -0.15) is 5.10 Å². The Morgan fingerprint density at radius 3 is 2.77 bits per heavy atom. The number of nitrogens with one attached hydrogen (secondary N) is 1. The summed E-state index contributed by atoms with van der Waals surface area (Å²) in [7, 11) is 1.57. The van der Waals surface area contributed by atoms with Crippen LogP contribution in [0.3, 0.4) is 0 Å². The molecule has 3 rings (SSSR count). The number of aryl methyl sites for hydroxylation is 1. The number of hydrogen-bond acceptors (Lipinski definition) is 5. The molecule has 1 aliphatic rings. The van der Waals surface area contributed by atoms with Gasteiger partial charge in [0.25, 0.3) is 5.91 Å². The van der Waals surface area contributed by atoms with E-state index >= 15 is 0 Å². The first kappa shape index (κ1) is 18.4. The fourth-order valence-corrected chi connectivity index (χ4v) is 3.40. The van der Waals surface area contributed by atoms with Crippen LogP contribution in [-0.2, 0) is 6.54 Å². The molecule has 0 spiro atoms. The summed E-state index contributed by atoms with van der Waals surface area (Å²) in [4.78, 5) is 17.1. The third kappa shape index (κ3) is 3.72. The highest BCUT2D eigenvalue weighted by Gasteiger charge is 2.36. The lowest BCUT2D eigenvalue weighted by atomic mass is 9.75. The van der Waals surface area contributed by atoms with Crippen molar-refractivity contribution < 1.29 is 14.6 Å². The van der Waals surface area contributed by atoms with E-state index in [1.807, 2.05) is 17.7 Å².